The lowest BCUT2D eigenvalue weighted by Crippen LogP contribution is -2.75. The first-order valence-electron chi connectivity index (χ1n) is 26.3. The number of nitrogens with zero attached hydrogens (tertiary/aromatic N) is 2. The summed E-state index contributed by atoms with van der Waals surface area (Å²) >= 11 is 0. The summed E-state index contributed by atoms with van der Waals surface area (Å²) in [5.41, 5.74) is 9.49. The van der Waals surface area contributed by atoms with E-state index in [1.54, 1.807) is 0 Å². The van der Waals surface area contributed by atoms with E-state index in [0.29, 0.717) is 0 Å². The first-order valence-corrected chi connectivity index (χ1v) is 30.3. The molecular formula is C72H52N2Si2. The summed E-state index contributed by atoms with van der Waals surface area (Å²) < 4.78 is 5.19. The van der Waals surface area contributed by atoms with Crippen molar-refractivity contribution in [3.8, 4) is 22.5 Å². The molecule has 0 bridgehead atoms. The monoisotopic (exact) mass is 1000 g/mol. The van der Waals surface area contributed by atoms with Gasteiger partial charge in [0.2, 0.25) is 0 Å². The van der Waals surface area contributed by atoms with Gasteiger partial charge in [0, 0.05) is 32.9 Å². The molecule has 12 aromatic carbocycles. The van der Waals surface area contributed by atoms with Crippen molar-refractivity contribution < 1.29 is 0 Å². The molecule has 0 spiro atoms. The van der Waals surface area contributed by atoms with E-state index in [9.17, 15) is 0 Å². The highest BCUT2D eigenvalue weighted by atomic mass is 28.3. The van der Waals surface area contributed by atoms with E-state index in [4.69, 9.17) is 0 Å². The van der Waals surface area contributed by atoms with Gasteiger partial charge in [-0.2, -0.15) is 0 Å². The van der Waals surface area contributed by atoms with Crippen LogP contribution in [0.3, 0.4) is 0 Å². The molecule has 2 heterocycles. The van der Waals surface area contributed by atoms with Gasteiger partial charge >= 0.3 is 0 Å². The molecule has 0 saturated carbocycles. The predicted octanol–water partition coefficient (Wildman–Crippen LogP) is 12.3. The van der Waals surface area contributed by atoms with Gasteiger partial charge in [-0.15, -0.1) is 0 Å². The lowest BCUT2D eigenvalue weighted by molar-refractivity contribution is 1.18. The van der Waals surface area contributed by atoms with E-state index in [2.05, 4.69) is 325 Å². The molecule has 0 fully saturated rings. The predicted molar refractivity (Wildman–Crippen MR) is 328 cm³/mol. The Morgan fingerprint density at radius 3 is 1.13 bits per heavy atom. The summed E-state index contributed by atoms with van der Waals surface area (Å²) in [5, 5.41) is 15.7. The Hall–Kier alpha value is -9.33. The highest BCUT2D eigenvalue weighted by Gasteiger charge is 2.45. The van der Waals surface area contributed by atoms with E-state index in [-0.39, 0.29) is 0 Å². The third kappa shape index (κ3) is 7.06. The lowest BCUT2D eigenvalue weighted by atomic mass is 10.1. The molecule has 0 aliphatic heterocycles. The Balaban J connectivity index is 1.16. The fourth-order valence-corrected chi connectivity index (χ4v) is 22.6. The highest BCUT2D eigenvalue weighted by Crippen LogP contribution is 2.42. The van der Waals surface area contributed by atoms with Crippen LogP contribution in [0.5, 0.6) is 0 Å². The Kier molecular flexibility index (Phi) is 11.2. The molecule has 14 aromatic rings. The molecule has 0 amide bonds. The van der Waals surface area contributed by atoms with Gasteiger partial charge in [-0.1, -0.05) is 273 Å². The van der Waals surface area contributed by atoms with Crippen LogP contribution >= 0.6 is 0 Å². The van der Waals surface area contributed by atoms with Gasteiger partial charge in [-0.05, 0) is 95.1 Å². The van der Waals surface area contributed by atoms with Crippen molar-refractivity contribution >= 4 is 101 Å². The van der Waals surface area contributed by atoms with Crippen LogP contribution in [0.25, 0.3) is 66.1 Å². The third-order valence-corrected chi connectivity index (χ3v) is 25.5. The van der Waals surface area contributed by atoms with Gasteiger partial charge in [-0.25, -0.2) is 0 Å². The van der Waals surface area contributed by atoms with Crippen molar-refractivity contribution in [3.05, 3.63) is 315 Å². The molecule has 0 saturated heterocycles. The molecular weight excluding hydrogens is 949 g/mol. The number of hydrogen-bond acceptors (Lipinski definition) is 0. The second kappa shape index (κ2) is 18.9. The van der Waals surface area contributed by atoms with Crippen LogP contribution in [-0.2, 0) is 0 Å². The maximum atomic E-state index is 2.62. The van der Waals surface area contributed by atoms with E-state index in [1.165, 1.54) is 96.2 Å². The van der Waals surface area contributed by atoms with Gasteiger partial charge in [-0.3, -0.25) is 0 Å². The Morgan fingerprint density at radius 2 is 0.592 bits per heavy atom. The summed E-state index contributed by atoms with van der Waals surface area (Å²) in [6.45, 7) is 0. The smallest absolute Gasteiger partial charge is 0.181 e. The minimum absolute atomic E-state index is 1.13. The molecule has 2 nitrogen and oxygen atoms in total. The van der Waals surface area contributed by atoms with E-state index in [0.717, 1.165) is 11.4 Å². The van der Waals surface area contributed by atoms with Crippen LogP contribution < -0.4 is 41.5 Å². The topological polar surface area (TPSA) is 9.86 Å². The maximum Gasteiger partial charge on any atom is 0.181 e. The zero-order valence-corrected chi connectivity index (χ0v) is 43.9. The van der Waals surface area contributed by atoms with Crippen LogP contribution in [0.1, 0.15) is 0 Å². The van der Waals surface area contributed by atoms with Crippen LogP contribution in [-0.4, -0.2) is 25.3 Å². The lowest BCUT2D eigenvalue weighted by Gasteiger charge is -2.35. The van der Waals surface area contributed by atoms with Crippen molar-refractivity contribution in [3.63, 3.8) is 0 Å². The molecule has 2 aromatic heterocycles. The highest BCUT2D eigenvalue weighted by molar-refractivity contribution is 7.21. The van der Waals surface area contributed by atoms with Gasteiger partial charge in [0.15, 0.2) is 16.1 Å². The van der Waals surface area contributed by atoms with Crippen molar-refractivity contribution in [1.29, 1.82) is 0 Å². The zero-order valence-electron chi connectivity index (χ0n) is 41.9. The SMILES string of the molecule is c1ccc(-c2cccc([Si](c3ccccc3)(c3ccccc3)c3cccc(-n4c5ccccc5c5cc([Si](c6ccccc6)(c6ccccc6)c6ccccc6)c6c(c7ccccc7n6-c6ccccc6)c54)c3)c2)cc1. The molecule has 358 valence electrons. The quantitative estimate of drug-likeness (QED) is 0.0903. The molecule has 0 unspecified atom stereocenters. The fraction of sp³-hybridized carbons (Fsp3) is 0. The second-order valence-electron chi connectivity index (χ2n) is 19.9. The first-order chi connectivity index (χ1) is 37.7. The number of fused-ring (bicyclic) bond motifs is 7. The number of hydrogen-bond donors (Lipinski definition) is 0. The van der Waals surface area contributed by atoms with Gasteiger partial charge in [0.1, 0.15) is 0 Å². The number of aromatic nitrogens is 2. The third-order valence-electron chi connectivity index (χ3n) is 16.0. The number of rotatable bonds is 11. The van der Waals surface area contributed by atoms with E-state index in [1.807, 2.05) is 0 Å². The Bertz CT molecular complexity index is 4230. The van der Waals surface area contributed by atoms with Crippen LogP contribution in [0, 0.1) is 0 Å². The van der Waals surface area contributed by atoms with Crippen LogP contribution in [0.2, 0.25) is 0 Å². The first kappa shape index (κ1) is 45.3. The Labute approximate surface area is 445 Å². The molecule has 76 heavy (non-hydrogen) atoms. The summed E-state index contributed by atoms with van der Waals surface area (Å²) in [6, 6.07) is 119. The summed E-state index contributed by atoms with van der Waals surface area (Å²) in [7, 11) is -6.20. The zero-order chi connectivity index (χ0) is 50.5. The van der Waals surface area contributed by atoms with Gasteiger partial charge in [0.05, 0.1) is 22.1 Å². The minimum Gasteiger partial charge on any atom is -0.309 e. The van der Waals surface area contributed by atoms with Gasteiger partial charge in [0.25, 0.3) is 0 Å². The standard InChI is InChI=1S/C72H52N2Si2/c1-8-28-53(29-9-1)54-30-26-44-62(50-54)75(57-34-12-3-13-35-57,58-36-14-4-15-37-58)63-45-27-33-56(51-63)74-67-48-24-22-46-64(67)66-52-69(72-70(71(66)74)65-47-23-25-49-68(65)73(72)55-31-10-2-11-32-55)76(59-38-16-5-17-39-59,60-40-18-6-19-41-60)61-42-20-7-21-43-61/h1-52H. The number of benzene rings is 12. The Morgan fingerprint density at radius 1 is 0.224 bits per heavy atom. The minimum atomic E-state index is -3.17. The molecule has 0 N–H and O–H groups in total. The van der Waals surface area contributed by atoms with Crippen molar-refractivity contribution in [2.45, 2.75) is 0 Å². The summed E-state index contributed by atoms with van der Waals surface area (Å²) in [4.78, 5) is 0. The van der Waals surface area contributed by atoms with Gasteiger partial charge < -0.3 is 9.13 Å². The fourth-order valence-electron chi connectivity index (χ4n) is 12.9. The number of para-hydroxylation sites is 3. The summed E-state index contributed by atoms with van der Waals surface area (Å²) in [6.07, 6.45) is 0. The second-order valence-corrected chi connectivity index (χ2v) is 27.5. The average molecular weight is 1000 g/mol. The normalized spacial score (nSPS) is 11.9. The van der Waals surface area contributed by atoms with Crippen molar-refractivity contribution in [1.82, 2.24) is 9.13 Å². The molecule has 0 aliphatic rings. The largest absolute Gasteiger partial charge is 0.309 e. The van der Waals surface area contributed by atoms with Crippen molar-refractivity contribution in [2.75, 3.05) is 0 Å². The van der Waals surface area contributed by atoms with Crippen LogP contribution in [0.4, 0.5) is 0 Å². The van der Waals surface area contributed by atoms with Crippen molar-refractivity contribution in [2.24, 2.45) is 0 Å². The van der Waals surface area contributed by atoms with E-state index >= 15 is 0 Å². The molecule has 0 radical (unpaired) electrons. The maximum absolute atomic E-state index is 3.17. The average Bonchev–Trinajstić information content (AvgIpc) is 4.14. The molecule has 0 aliphatic carbocycles. The molecule has 4 heteroatoms. The molecule has 14 rings (SSSR count). The molecule has 0 atom stereocenters. The van der Waals surface area contributed by atoms with Crippen LogP contribution in [0.15, 0.2) is 315 Å². The summed E-state index contributed by atoms with van der Waals surface area (Å²) in [5.74, 6) is 0. The van der Waals surface area contributed by atoms with E-state index < -0.39 is 16.1 Å².